The lowest BCUT2D eigenvalue weighted by Gasteiger charge is -2.22. The van der Waals surface area contributed by atoms with E-state index in [1.54, 1.807) is 11.3 Å². The van der Waals surface area contributed by atoms with Crippen LogP contribution in [0.1, 0.15) is 26.7 Å². The molecule has 1 N–H and O–H groups in total. The number of hydrogen-bond acceptors (Lipinski definition) is 4. The molecule has 0 saturated heterocycles. The van der Waals surface area contributed by atoms with E-state index < -0.39 is 0 Å². The van der Waals surface area contributed by atoms with Crippen LogP contribution in [0, 0.1) is 11.3 Å². The number of thiophene rings is 1. The van der Waals surface area contributed by atoms with Gasteiger partial charge in [0.1, 0.15) is 5.54 Å². The summed E-state index contributed by atoms with van der Waals surface area (Å²) in [5, 5.41) is 14.4. The molecule has 1 heterocycles. The Hall–Kier alpha value is -0.500. The fraction of sp³-hybridized carbons (Fsp3) is 0.583. The van der Waals surface area contributed by atoms with Crippen LogP contribution in [0.5, 0.6) is 0 Å². The number of hydrogen-bond donors (Lipinski definition) is 1. The minimum Gasteiger partial charge on any atom is -0.300 e. The topological polar surface area (TPSA) is 35.8 Å². The van der Waals surface area contributed by atoms with E-state index in [1.807, 2.05) is 25.6 Å². The van der Waals surface area contributed by atoms with Gasteiger partial charge in [0.25, 0.3) is 0 Å². The highest BCUT2D eigenvalue weighted by molar-refractivity contribution is 8.01. The van der Waals surface area contributed by atoms with Crippen LogP contribution in [0.4, 0.5) is 0 Å². The summed E-state index contributed by atoms with van der Waals surface area (Å²) in [5.74, 6) is 1.09. The Morgan fingerprint density at radius 3 is 3.00 bits per heavy atom. The van der Waals surface area contributed by atoms with Gasteiger partial charge in [-0.25, -0.2) is 0 Å². The Labute approximate surface area is 106 Å². The van der Waals surface area contributed by atoms with Gasteiger partial charge in [0.2, 0.25) is 0 Å². The third kappa shape index (κ3) is 4.56. The molecule has 0 radical (unpaired) electrons. The van der Waals surface area contributed by atoms with Crippen molar-refractivity contribution in [2.45, 2.75) is 36.4 Å². The number of rotatable bonds is 7. The van der Waals surface area contributed by atoms with Gasteiger partial charge in [-0.1, -0.05) is 13.0 Å². The molecular weight excluding hydrogens is 236 g/mol. The second-order valence-corrected chi connectivity index (χ2v) is 6.20. The van der Waals surface area contributed by atoms with Crippen molar-refractivity contribution in [3.63, 3.8) is 0 Å². The van der Waals surface area contributed by atoms with Gasteiger partial charge in [-0.2, -0.15) is 5.26 Å². The third-order valence-electron chi connectivity index (χ3n) is 2.37. The van der Waals surface area contributed by atoms with Crippen LogP contribution in [-0.2, 0) is 0 Å². The molecule has 1 rings (SSSR count). The zero-order valence-electron chi connectivity index (χ0n) is 9.82. The van der Waals surface area contributed by atoms with Crippen molar-refractivity contribution in [1.29, 1.82) is 5.26 Å². The van der Waals surface area contributed by atoms with Gasteiger partial charge in [0.05, 0.1) is 10.3 Å². The zero-order chi connectivity index (χ0) is 11.9. The number of nitrogens with one attached hydrogen (secondary N) is 1. The molecule has 0 aliphatic heterocycles. The first-order valence-electron chi connectivity index (χ1n) is 5.53. The number of nitriles is 1. The quantitative estimate of drug-likeness (QED) is 0.597. The Morgan fingerprint density at radius 2 is 2.44 bits per heavy atom. The van der Waals surface area contributed by atoms with Crippen molar-refractivity contribution in [1.82, 2.24) is 5.32 Å². The van der Waals surface area contributed by atoms with Crippen LogP contribution < -0.4 is 5.32 Å². The minimum absolute atomic E-state index is 0.356. The molecule has 0 aromatic carbocycles. The van der Waals surface area contributed by atoms with Gasteiger partial charge >= 0.3 is 0 Å². The maximum absolute atomic E-state index is 9.08. The van der Waals surface area contributed by atoms with Gasteiger partial charge in [0, 0.05) is 0 Å². The average molecular weight is 254 g/mol. The lowest BCUT2D eigenvalue weighted by atomic mass is 9.98. The SMILES string of the molecule is CCNC(C)(C#N)CCCSc1cccs1. The van der Waals surface area contributed by atoms with Gasteiger partial charge in [-0.05, 0) is 43.5 Å². The predicted octanol–water partition coefficient (Wildman–Crippen LogP) is 3.51. The number of nitrogens with zero attached hydrogens (tertiary/aromatic N) is 1. The Bertz CT molecular complexity index is 329. The van der Waals surface area contributed by atoms with E-state index in [1.165, 1.54) is 4.21 Å². The highest BCUT2D eigenvalue weighted by atomic mass is 32.2. The molecule has 1 aromatic rings. The molecule has 0 saturated carbocycles. The predicted molar refractivity (Wildman–Crippen MR) is 72.0 cm³/mol. The first-order chi connectivity index (χ1) is 7.70. The lowest BCUT2D eigenvalue weighted by molar-refractivity contribution is 0.426. The fourth-order valence-corrected chi connectivity index (χ4v) is 3.32. The normalized spacial score (nSPS) is 14.3. The summed E-state index contributed by atoms with van der Waals surface area (Å²) in [6.45, 7) is 4.87. The zero-order valence-corrected chi connectivity index (χ0v) is 11.5. The summed E-state index contributed by atoms with van der Waals surface area (Å²) in [4.78, 5) is 0. The van der Waals surface area contributed by atoms with Crippen molar-refractivity contribution >= 4 is 23.1 Å². The van der Waals surface area contributed by atoms with Gasteiger partial charge < -0.3 is 0 Å². The van der Waals surface area contributed by atoms with Gasteiger partial charge in [-0.15, -0.1) is 23.1 Å². The van der Waals surface area contributed by atoms with Crippen LogP contribution in [0.2, 0.25) is 0 Å². The van der Waals surface area contributed by atoms with Crippen molar-refractivity contribution < 1.29 is 0 Å². The van der Waals surface area contributed by atoms with E-state index in [4.69, 9.17) is 5.26 Å². The van der Waals surface area contributed by atoms with Crippen molar-refractivity contribution in [2.24, 2.45) is 0 Å². The molecular formula is C12H18N2S2. The summed E-state index contributed by atoms with van der Waals surface area (Å²) in [6.07, 6.45) is 1.98. The Kier molecular flexibility index (Phi) is 5.89. The molecule has 88 valence electrons. The minimum atomic E-state index is -0.356. The van der Waals surface area contributed by atoms with E-state index in [0.717, 1.165) is 25.1 Å². The van der Waals surface area contributed by atoms with E-state index in [0.29, 0.717) is 0 Å². The molecule has 0 aliphatic rings. The Balaban J connectivity index is 2.21. The maximum Gasteiger partial charge on any atom is 0.103 e. The van der Waals surface area contributed by atoms with E-state index in [9.17, 15) is 0 Å². The molecule has 0 fully saturated rings. The van der Waals surface area contributed by atoms with Crippen LogP contribution in [0.3, 0.4) is 0 Å². The number of thioether (sulfide) groups is 1. The standard InChI is InChI=1S/C12H18N2S2/c1-3-14-12(2,10-13)7-5-9-16-11-6-4-8-15-11/h4,6,8,14H,3,5,7,9H2,1-2H3. The molecule has 1 atom stereocenters. The monoisotopic (exact) mass is 254 g/mol. The van der Waals surface area contributed by atoms with E-state index >= 15 is 0 Å². The van der Waals surface area contributed by atoms with Crippen LogP contribution in [0.25, 0.3) is 0 Å². The van der Waals surface area contributed by atoms with Crippen molar-refractivity contribution in [3.05, 3.63) is 17.5 Å². The third-order valence-corrected chi connectivity index (χ3v) is 4.59. The van der Waals surface area contributed by atoms with Crippen LogP contribution in [0.15, 0.2) is 21.7 Å². The van der Waals surface area contributed by atoms with Crippen molar-refractivity contribution in [3.8, 4) is 6.07 Å². The van der Waals surface area contributed by atoms with E-state index in [-0.39, 0.29) is 5.54 Å². The van der Waals surface area contributed by atoms with E-state index in [2.05, 4.69) is 28.9 Å². The summed E-state index contributed by atoms with van der Waals surface area (Å²) >= 11 is 3.66. The average Bonchev–Trinajstić information content (AvgIpc) is 2.78. The summed E-state index contributed by atoms with van der Waals surface area (Å²) < 4.78 is 1.36. The van der Waals surface area contributed by atoms with Gasteiger partial charge in [-0.3, -0.25) is 5.32 Å². The van der Waals surface area contributed by atoms with Gasteiger partial charge in [0.15, 0.2) is 0 Å². The van der Waals surface area contributed by atoms with Crippen LogP contribution >= 0.6 is 23.1 Å². The molecule has 0 aliphatic carbocycles. The van der Waals surface area contributed by atoms with Crippen molar-refractivity contribution in [2.75, 3.05) is 12.3 Å². The fourth-order valence-electron chi connectivity index (χ4n) is 1.52. The smallest absolute Gasteiger partial charge is 0.103 e. The summed E-state index contributed by atoms with van der Waals surface area (Å²) in [6, 6.07) is 6.57. The first-order valence-corrected chi connectivity index (χ1v) is 7.39. The highest BCUT2D eigenvalue weighted by Gasteiger charge is 2.21. The second-order valence-electron chi connectivity index (χ2n) is 3.86. The highest BCUT2D eigenvalue weighted by Crippen LogP contribution is 2.25. The largest absolute Gasteiger partial charge is 0.300 e. The molecule has 0 bridgehead atoms. The molecule has 1 aromatic heterocycles. The molecule has 2 nitrogen and oxygen atoms in total. The van der Waals surface area contributed by atoms with Crippen LogP contribution in [-0.4, -0.2) is 17.8 Å². The summed E-state index contributed by atoms with van der Waals surface area (Å²) in [7, 11) is 0. The second kappa shape index (κ2) is 6.95. The molecule has 0 amide bonds. The molecule has 4 heteroatoms. The lowest BCUT2D eigenvalue weighted by Crippen LogP contribution is -2.40. The first kappa shape index (κ1) is 13.6. The summed E-state index contributed by atoms with van der Waals surface area (Å²) in [5.41, 5.74) is -0.356. The molecule has 1 unspecified atom stereocenters. The Morgan fingerprint density at radius 1 is 1.62 bits per heavy atom. The maximum atomic E-state index is 9.08. The molecule has 16 heavy (non-hydrogen) atoms. The molecule has 0 spiro atoms.